The van der Waals surface area contributed by atoms with E-state index in [-0.39, 0.29) is 5.91 Å². The van der Waals surface area contributed by atoms with Crippen molar-refractivity contribution >= 4 is 28.8 Å². The average Bonchev–Trinajstić information content (AvgIpc) is 3.05. The van der Waals surface area contributed by atoms with Crippen molar-refractivity contribution < 1.29 is 4.79 Å². The predicted molar refractivity (Wildman–Crippen MR) is 99.7 cm³/mol. The highest BCUT2D eigenvalue weighted by Crippen LogP contribution is 2.30. The largest absolute Gasteiger partial charge is 0.350 e. The number of thiazole rings is 1. The number of rotatable bonds is 5. The first-order valence-electron chi connectivity index (χ1n) is 8.35. The number of carbonyl (C=O) groups is 1. The fraction of sp³-hybridized carbons (Fsp3) is 0.444. The molecule has 1 N–H and O–H groups in total. The summed E-state index contributed by atoms with van der Waals surface area (Å²) in [5, 5.41) is 4.42. The smallest absolute Gasteiger partial charge is 0.263 e. The van der Waals surface area contributed by atoms with E-state index in [1.165, 1.54) is 24.2 Å². The Kier molecular flexibility index (Phi) is 5.87. The molecule has 2 aromatic rings. The standard InChI is InChI=1S/C18H22ClN3OS/c1-13-5-4-9-22(12-13)10-8-20-17(23)16-11-21-18(24-16)14-6-2-3-7-15(14)19/h2-3,6-7,11,13H,4-5,8-10,12H2,1H3,(H,20,23). The molecule has 6 heteroatoms. The Balaban J connectivity index is 1.53. The molecule has 1 aliphatic rings. The fourth-order valence-corrected chi connectivity index (χ4v) is 4.20. The quantitative estimate of drug-likeness (QED) is 0.875. The maximum Gasteiger partial charge on any atom is 0.263 e. The number of likely N-dealkylation sites (tertiary alicyclic amines) is 1. The monoisotopic (exact) mass is 363 g/mol. The molecule has 3 rings (SSSR count). The lowest BCUT2D eigenvalue weighted by molar-refractivity contribution is 0.0947. The molecule has 1 unspecified atom stereocenters. The highest BCUT2D eigenvalue weighted by atomic mass is 35.5. The van der Waals surface area contributed by atoms with Crippen LogP contribution in [0.15, 0.2) is 30.5 Å². The lowest BCUT2D eigenvalue weighted by atomic mass is 10.0. The van der Waals surface area contributed by atoms with Crippen molar-refractivity contribution in [2.24, 2.45) is 5.92 Å². The Hall–Kier alpha value is -1.43. The van der Waals surface area contributed by atoms with Crippen molar-refractivity contribution in [2.75, 3.05) is 26.2 Å². The van der Waals surface area contributed by atoms with Gasteiger partial charge in [0.2, 0.25) is 0 Å². The Morgan fingerprint density at radius 2 is 2.29 bits per heavy atom. The predicted octanol–water partition coefficient (Wildman–Crippen LogP) is 3.93. The van der Waals surface area contributed by atoms with Gasteiger partial charge in [-0.25, -0.2) is 4.98 Å². The SMILES string of the molecule is CC1CCCN(CCNC(=O)c2cnc(-c3ccccc3Cl)s2)C1. The summed E-state index contributed by atoms with van der Waals surface area (Å²) >= 11 is 7.56. The van der Waals surface area contributed by atoms with E-state index in [0.29, 0.717) is 16.4 Å². The van der Waals surface area contributed by atoms with E-state index in [2.05, 4.69) is 22.1 Å². The van der Waals surface area contributed by atoms with Gasteiger partial charge in [0, 0.05) is 25.2 Å². The van der Waals surface area contributed by atoms with Crippen LogP contribution < -0.4 is 5.32 Å². The molecule has 2 heterocycles. The molecule has 1 aliphatic heterocycles. The lowest BCUT2D eigenvalue weighted by Crippen LogP contribution is -2.40. The minimum atomic E-state index is -0.0594. The van der Waals surface area contributed by atoms with Gasteiger partial charge in [-0.1, -0.05) is 36.7 Å². The Labute approximate surface area is 151 Å². The number of nitrogens with zero attached hydrogens (tertiary/aromatic N) is 2. The maximum absolute atomic E-state index is 12.3. The summed E-state index contributed by atoms with van der Waals surface area (Å²) < 4.78 is 0. The van der Waals surface area contributed by atoms with Gasteiger partial charge in [-0.2, -0.15) is 0 Å². The third-order valence-electron chi connectivity index (χ3n) is 4.29. The van der Waals surface area contributed by atoms with Crippen LogP contribution >= 0.6 is 22.9 Å². The van der Waals surface area contributed by atoms with E-state index in [1.807, 2.05) is 24.3 Å². The summed E-state index contributed by atoms with van der Waals surface area (Å²) in [6, 6.07) is 7.55. The van der Waals surface area contributed by atoms with Gasteiger partial charge in [-0.3, -0.25) is 4.79 Å². The molecule has 4 nitrogen and oxygen atoms in total. The van der Waals surface area contributed by atoms with Crippen LogP contribution in [0.1, 0.15) is 29.4 Å². The second-order valence-electron chi connectivity index (χ2n) is 6.31. The Morgan fingerprint density at radius 1 is 1.46 bits per heavy atom. The molecule has 1 atom stereocenters. The minimum Gasteiger partial charge on any atom is -0.350 e. The maximum atomic E-state index is 12.3. The van der Waals surface area contributed by atoms with Gasteiger partial charge in [0.15, 0.2) is 0 Å². The number of nitrogens with one attached hydrogen (secondary N) is 1. The average molecular weight is 364 g/mol. The van der Waals surface area contributed by atoms with Crippen molar-refractivity contribution in [3.8, 4) is 10.6 Å². The van der Waals surface area contributed by atoms with Crippen molar-refractivity contribution in [2.45, 2.75) is 19.8 Å². The van der Waals surface area contributed by atoms with Crippen LogP contribution in [0.3, 0.4) is 0 Å². The van der Waals surface area contributed by atoms with Crippen LogP contribution in [0.4, 0.5) is 0 Å². The fourth-order valence-electron chi connectivity index (χ4n) is 3.04. The van der Waals surface area contributed by atoms with E-state index in [9.17, 15) is 4.79 Å². The summed E-state index contributed by atoms with van der Waals surface area (Å²) in [5.41, 5.74) is 0.866. The number of carbonyl (C=O) groups excluding carboxylic acids is 1. The summed E-state index contributed by atoms with van der Waals surface area (Å²) in [6.45, 7) is 6.14. The van der Waals surface area contributed by atoms with E-state index >= 15 is 0 Å². The molecule has 1 aromatic carbocycles. The number of amides is 1. The molecule has 0 saturated carbocycles. The molecule has 0 aliphatic carbocycles. The lowest BCUT2D eigenvalue weighted by Gasteiger charge is -2.30. The van der Waals surface area contributed by atoms with Crippen LogP contribution in [-0.4, -0.2) is 42.0 Å². The third kappa shape index (κ3) is 4.35. The number of halogens is 1. The number of hydrogen-bond donors (Lipinski definition) is 1. The van der Waals surface area contributed by atoms with E-state index in [1.54, 1.807) is 6.20 Å². The van der Waals surface area contributed by atoms with Gasteiger partial charge in [-0.15, -0.1) is 11.3 Å². The van der Waals surface area contributed by atoms with Crippen LogP contribution in [0.2, 0.25) is 5.02 Å². The van der Waals surface area contributed by atoms with Gasteiger partial charge in [0.25, 0.3) is 5.91 Å². The van der Waals surface area contributed by atoms with E-state index in [0.717, 1.165) is 36.1 Å². The summed E-state index contributed by atoms with van der Waals surface area (Å²) in [4.78, 5) is 19.7. The topological polar surface area (TPSA) is 45.2 Å². The minimum absolute atomic E-state index is 0.0594. The number of hydrogen-bond acceptors (Lipinski definition) is 4. The first kappa shape index (κ1) is 17.4. The number of piperidine rings is 1. The van der Waals surface area contributed by atoms with Crippen molar-refractivity contribution in [3.63, 3.8) is 0 Å². The first-order chi connectivity index (χ1) is 11.6. The first-order valence-corrected chi connectivity index (χ1v) is 9.54. The summed E-state index contributed by atoms with van der Waals surface area (Å²) in [6.07, 6.45) is 4.20. The molecule has 1 saturated heterocycles. The molecule has 1 aromatic heterocycles. The molecule has 24 heavy (non-hydrogen) atoms. The summed E-state index contributed by atoms with van der Waals surface area (Å²) in [5.74, 6) is 0.699. The molecular weight excluding hydrogens is 342 g/mol. The van der Waals surface area contributed by atoms with Crippen molar-refractivity contribution in [1.29, 1.82) is 0 Å². The second-order valence-corrected chi connectivity index (χ2v) is 7.75. The molecule has 0 bridgehead atoms. The van der Waals surface area contributed by atoms with Crippen molar-refractivity contribution in [3.05, 3.63) is 40.4 Å². The number of benzene rings is 1. The Morgan fingerprint density at radius 3 is 3.08 bits per heavy atom. The van der Waals surface area contributed by atoms with Gasteiger partial charge in [0.05, 0.1) is 11.2 Å². The zero-order valence-corrected chi connectivity index (χ0v) is 15.4. The highest BCUT2D eigenvalue weighted by molar-refractivity contribution is 7.17. The molecule has 1 amide bonds. The van der Waals surface area contributed by atoms with Crippen LogP contribution in [0.25, 0.3) is 10.6 Å². The molecule has 1 fully saturated rings. The van der Waals surface area contributed by atoms with Gasteiger partial charge in [-0.05, 0) is 31.4 Å². The zero-order chi connectivity index (χ0) is 16.9. The zero-order valence-electron chi connectivity index (χ0n) is 13.8. The van der Waals surface area contributed by atoms with Crippen LogP contribution in [0.5, 0.6) is 0 Å². The van der Waals surface area contributed by atoms with Crippen LogP contribution in [-0.2, 0) is 0 Å². The van der Waals surface area contributed by atoms with Crippen LogP contribution in [0, 0.1) is 5.92 Å². The van der Waals surface area contributed by atoms with E-state index < -0.39 is 0 Å². The molecule has 0 radical (unpaired) electrons. The van der Waals surface area contributed by atoms with Gasteiger partial charge in [0.1, 0.15) is 9.88 Å². The van der Waals surface area contributed by atoms with Gasteiger partial charge >= 0.3 is 0 Å². The van der Waals surface area contributed by atoms with Gasteiger partial charge < -0.3 is 10.2 Å². The Bertz CT molecular complexity index is 703. The number of aromatic nitrogens is 1. The highest BCUT2D eigenvalue weighted by Gasteiger charge is 2.17. The second kappa shape index (κ2) is 8.10. The third-order valence-corrected chi connectivity index (χ3v) is 5.65. The molecular formula is C18H22ClN3OS. The summed E-state index contributed by atoms with van der Waals surface area (Å²) in [7, 11) is 0. The molecule has 128 valence electrons. The molecule has 0 spiro atoms. The van der Waals surface area contributed by atoms with Crippen molar-refractivity contribution in [1.82, 2.24) is 15.2 Å². The normalized spacial score (nSPS) is 18.5. The van der Waals surface area contributed by atoms with E-state index in [4.69, 9.17) is 11.6 Å².